The smallest absolute Gasteiger partial charge is 0.326 e. The number of aromatic hydroxyl groups is 1. The van der Waals surface area contributed by atoms with E-state index >= 15 is 0 Å². The molecule has 3 unspecified atom stereocenters. The van der Waals surface area contributed by atoms with Gasteiger partial charge in [-0.2, -0.15) is 11.8 Å². The van der Waals surface area contributed by atoms with Crippen LogP contribution in [0.5, 0.6) is 5.75 Å². The Morgan fingerprint density at radius 2 is 1.69 bits per heavy atom. The average molecular weight is 556 g/mol. The highest BCUT2D eigenvalue weighted by atomic mass is 32.2. The van der Waals surface area contributed by atoms with Crippen LogP contribution in [0.25, 0.3) is 10.9 Å². The van der Waals surface area contributed by atoms with Crippen LogP contribution in [0.1, 0.15) is 17.5 Å². The maximum atomic E-state index is 13.1. The number of nitrogens with one attached hydrogen (secondary N) is 4. The van der Waals surface area contributed by atoms with E-state index in [1.54, 1.807) is 30.1 Å². The van der Waals surface area contributed by atoms with Crippen molar-refractivity contribution in [2.24, 2.45) is 5.73 Å². The first kappa shape index (κ1) is 29.5. The fourth-order valence-corrected chi connectivity index (χ4v) is 4.48. The van der Waals surface area contributed by atoms with Crippen LogP contribution in [0, 0.1) is 0 Å². The number of hydrogen-bond donors (Lipinski definition) is 7. The molecule has 11 nitrogen and oxygen atoms in total. The number of amides is 3. The Kier molecular flexibility index (Phi) is 10.8. The third-order valence-electron chi connectivity index (χ3n) is 6.13. The number of para-hydroxylation sites is 1. The number of carbonyl (C=O) groups excluding carboxylic acids is 3. The Balaban J connectivity index is 1.65. The van der Waals surface area contributed by atoms with Gasteiger partial charge >= 0.3 is 5.97 Å². The van der Waals surface area contributed by atoms with E-state index in [0.717, 1.165) is 16.5 Å². The molecule has 2 aromatic carbocycles. The zero-order valence-corrected chi connectivity index (χ0v) is 22.3. The summed E-state index contributed by atoms with van der Waals surface area (Å²) in [6.45, 7) is -0.489. The van der Waals surface area contributed by atoms with Crippen molar-refractivity contribution in [3.8, 4) is 5.75 Å². The van der Waals surface area contributed by atoms with Crippen molar-refractivity contribution in [1.29, 1.82) is 0 Å². The van der Waals surface area contributed by atoms with E-state index in [1.165, 1.54) is 12.1 Å². The second-order valence-electron chi connectivity index (χ2n) is 9.06. The Morgan fingerprint density at radius 1 is 0.974 bits per heavy atom. The van der Waals surface area contributed by atoms with Gasteiger partial charge in [-0.3, -0.25) is 14.4 Å². The number of hydrogen-bond acceptors (Lipinski definition) is 7. The van der Waals surface area contributed by atoms with E-state index in [2.05, 4.69) is 20.9 Å². The van der Waals surface area contributed by atoms with Gasteiger partial charge in [0, 0.05) is 29.9 Å². The monoisotopic (exact) mass is 555 g/mol. The van der Waals surface area contributed by atoms with Gasteiger partial charge in [-0.15, -0.1) is 0 Å². The molecule has 3 amide bonds. The fraction of sp³-hybridized carbons (Fsp3) is 0.333. The van der Waals surface area contributed by atoms with E-state index in [1.807, 2.05) is 30.5 Å². The molecule has 0 radical (unpaired) electrons. The average Bonchev–Trinajstić information content (AvgIpc) is 3.33. The number of benzene rings is 2. The summed E-state index contributed by atoms with van der Waals surface area (Å²) in [5, 5.41) is 27.4. The molecular formula is C27H33N5O6S. The van der Waals surface area contributed by atoms with Crippen LogP contribution in [0.4, 0.5) is 0 Å². The van der Waals surface area contributed by atoms with Crippen LogP contribution >= 0.6 is 11.8 Å². The lowest BCUT2D eigenvalue weighted by Crippen LogP contribution is -2.54. The molecule has 0 aliphatic carbocycles. The fourth-order valence-electron chi connectivity index (χ4n) is 3.99. The molecule has 1 aromatic heterocycles. The van der Waals surface area contributed by atoms with E-state index < -0.39 is 48.4 Å². The number of H-pyrrole nitrogens is 1. The molecule has 3 rings (SSSR count). The van der Waals surface area contributed by atoms with Gasteiger partial charge in [0.25, 0.3) is 0 Å². The first-order valence-electron chi connectivity index (χ1n) is 12.4. The zero-order chi connectivity index (χ0) is 28.4. The number of aliphatic carboxylic acids is 1. The predicted octanol–water partition coefficient (Wildman–Crippen LogP) is 0.910. The second kappa shape index (κ2) is 14.2. The number of phenols is 1. The quantitative estimate of drug-likeness (QED) is 0.153. The predicted molar refractivity (Wildman–Crippen MR) is 149 cm³/mol. The summed E-state index contributed by atoms with van der Waals surface area (Å²) in [6, 6.07) is 10.4. The standard InChI is InChI=1S/C27H33N5O6S/c1-39-11-10-20(28)25(35)32-22(13-17-14-29-21-5-3-2-4-19(17)21)26(36)30-15-24(34)31-23(27(37)38)12-16-6-8-18(33)9-7-16/h2-9,14,20,22-23,29,33H,10-13,15,28H2,1H3,(H,30,36)(H,31,34)(H,32,35)(H,37,38). The van der Waals surface area contributed by atoms with Gasteiger partial charge in [-0.05, 0) is 47.8 Å². The van der Waals surface area contributed by atoms with Crippen molar-refractivity contribution >= 4 is 46.4 Å². The summed E-state index contributed by atoms with van der Waals surface area (Å²) in [4.78, 5) is 53.2. The summed E-state index contributed by atoms with van der Waals surface area (Å²) in [5.41, 5.74) is 8.27. The first-order valence-corrected chi connectivity index (χ1v) is 13.7. The van der Waals surface area contributed by atoms with Gasteiger partial charge in [0.15, 0.2) is 0 Å². The van der Waals surface area contributed by atoms with Gasteiger partial charge in [0.05, 0.1) is 12.6 Å². The van der Waals surface area contributed by atoms with Crippen LogP contribution in [0.15, 0.2) is 54.7 Å². The third kappa shape index (κ3) is 8.76. The number of nitrogens with two attached hydrogens (primary N) is 1. The minimum absolute atomic E-state index is 0.0114. The van der Waals surface area contributed by atoms with E-state index in [0.29, 0.717) is 17.7 Å². The lowest BCUT2D eigenvalue weighted by molar-refractivity contribution is -0.141. The third-order valence-corrected chi connectivity index (χ3v) is 6.78. The van der Waals surface area contributed by atoms with Crippen molar-refractivity contribution in [2.75, 3.05) is 18.6 Å². The maximum absolute atomic E-state index is 13.1. The summed E-state index contributed by atoms with van der Waals surface area (Å²) in [5.74, 6) is -2.31. The number of fused-ring (bicyclic) bond motifs is 1. The van der Waals surface area contributed by atoms with Gasteiger partial charge in [-0.1, -0.05) is 30.3 Å². The molecule has 0 bridgehead atoms. The van der Waals surface area contributed by atoms with Crippen LogP contribution in [-0.2, 0) is 32.0 Å². The molecule has 3 aromatic rings. The molecule has 0 spiro atoms. The molecular weight excluding hydrogens is 522 g/mol. The first-order chi connectivity index (χ1) is 18.7. The molecule has 0 saturated carbocycles. The molecule has 3 atom stereocenters. The summed E-state index contributed by atoms with van der Waals surface area (Å²) in [6.07, 6.45) is 4.24. The molecule has 39 heavy (non-hydrogen) atoms. The van der Waals surface area contributed by atoms with Gasteiger partial charge < -0.3 is 36.9 Å². The topological polar surface area (TPSA) is 187 Å². The summed E-state index contributed by atoms with van der Waals surface area (Å²) < 4.78 is 0. The highest BCUT2D eigenvalue weighted by molar-refractivity contribution is 7.98. The van der Waals surface area contributed by atoms with Gasteiger partial charge in [0.2, 0.25) is 17.7 Å². The van der Waals surface area contributed by atoms with Gasteiger partial charge in [0.1, 0.15) is 17.8 Å². The Labute approximate surface area is 229 Å². The number of aromatic amines is 1. The minimum atomic E-state index is -1.24. The largest absolute Gasteiger partial charge is 0.508 e. The number of thioether (sulfide) groups is 1. The Morgan fingerprint density at radius 3 is 2.38 bits per heavy atom. The van der Waals surface area contributed by atoms with Crippen LogP contribution in [0.2, 0.25) is 0 Å². The number of rotatable bonds is 14. The molecule has 8 N–H and O–H groups in total. The number of carboxylic acids is 1. The van der Waals surface area contributed by atoms with Crippen molar-refractivity contribution in [2.45, 2.75) is 37.4 Å². The lowest BCUT2D eigenvalue weighted by atomic mass is 10.0. The summed E-state index contributed by atoms with van der Waals surface area (Å²) in [7, 11) is 0. The lowest BCUT2D eigenvalue weighted by Gasteiger charge is -2.21. The van der Waals surface area contributed by atoms with Crippen LogP contribution < -0.4 is 21.7 Å². The van der Waals surface area contributed by atoms with Crippen molar-refractivity contribution in [1.82, 2.24) is 20.9 Å². The van der Waals surface area contributed by atoms with E-state index in [-0.39, 0.29) is 18.6 Å². The van der Waals surface area contributed by atoms with E-state index in [9.17, 15) is 29.4 Å². The number of aromatic nitrogens is 1. The molecule has 1 heterocycles. The second-order valence-corrected chi connectivity index (χ2v) is 10.0. The molecule has 12 heteroatoms. The molecule has 0 aliphatic rings. The SMILES string of the molecule is CSCCC(N)C(=O)NC(Cc1c[nH]c2ccccc12)C(=O)NCC(=O)NC(Cc1ccc(O)cc1)C(=O)O. The highest BCUT2D eigenvalue weighted by Crippen LogP contribution is 2.19. The number of phenolic OH excluding ortho intramolecular Hbond substituents is 1. The van der Waals surface area contributed by atoms with Gasteiger partial charge in [-0.25, -0.2) is 4.79 Å². The van der Waals surface area contributed by atoms with E-state index in [4.69, 9.17) is 5.73 Å². The maximum Gasteiger partial charge on any atom is 0.326 e. The molecule has 0 saturated heterocycles. The normalized spacial score (nSPS) is 13.3. The summed E-state index contributed by atoms with van der Waals surface area (Å²) >= 11 is 1.56. The minimum Gasteiger partial charge on any atom is -0.508 e. The van der Waals surface area contributed by atoms with Crippen molar-refractivity contribution in [3.63, 3.8) is 0 Å². The van der Waals surface area contributed by atoms with Crippen LogP contribution in [0.3, 0.4) is 0 Å². The molecule has 0 aliphatic heterocycles. The molecule has 0 fully saturated rings. The highest BCUT2D eigenvalue weighted by Gasteiger charge is 2.26. The van der Waals surface area contributed by atoms with Crippen molar-refractivity contribution < 1.29 is 29.4 Å². The number of carboxylic acid groups (broad SMARTS) is 1. The zero-order valence-electron chi connectivity index (χ0n) is 21.5. The molecule has 208 valence electrons. The van der Waals surface area contributed by atoms with Crippen LogP contribution in [-0.4, -0.2) is 75.6 Å². The number of carbonyl (C=O) groups is 4. The van der Waals surface area contributed by atoms with Crippen molar-refractivity contribution in [3.05, 3.63) is 65.9 Å². The Bertz CT molecular complexity index is 1300. The Hall–Kier alpha value is -4.03.